The molecular formula is C14H16F2N2S. The van der Waals surface area contributed by atoms with Crippen LogP contribution in [0.3, 0.4) is 0 Å². The normalized spacial score (nSPS) is 19.9. The van der Waals surface area contributed by atoms with Crippen molar-refractivity contribution < 1.29 is 8.78 Å². The Morgan fingerprint density at radius 2 is 2.11 bits per heavy atom. The van der Waals surface area contributed by atoms with Crippen molar-refractivity contribution in [3.8, 4) is 0 Å². The number of benzene rings is 1. The summed E-state index contributed by atoms with van der Waals surface area (Å²) >= 11 is 1.63. The maximum Gasteiger partial charge on any atom is 0.248 e. The van der Waals surface area contributed by atoms with Gasteiger partial charge in [-0.05, 0) is 30.5 Å². The molecule has 1 aliphatic rings. The van der Waals surface area contributed by atoms with E-state index in [0.29, 0.717) is 12.8 Å². The summed E-state index contributed by atoms with van der Waals surface area (Å²) in [6.45, 7) is 0.726. The van der Waals surface area contributed by atoms with E-state index in [1.807, 2.05) is 5.51 Å². The van der Waals surface area contributed by atoms with Crippen LogP contribution in [-0.2, 0) is 6.54 Å². The van der Waals surface area contributed by atoms with E-state index in [1.54, 1.807) is 11.3 Å². The molecule has 1 aliphatic carbocycles. The van der Waals surface area contributed by atoms with Crippen molar-refractivity contribution >= 4 is 21.6 Å². The minimum atomic E-state index is -2.45. The van der Waals surface area contributed by atoms with Crippen LogP contribution in [0, 0.1) is 0 Å². The highest BCUT2D eigenvalue weighted by molar-refractivity contribution is 7.16. The number of fused-ring (bicyclic) bond motifs is 1. The minimum absolute atomic E-state index is 0.00971. The Balaban J connectivity index is 1.57. The fraction of sp³-hybridized carbons (Fsp3) is 0.500. The molecule has 0 saturated heterocycles. The summed E-state index contributed by atoms with van der Waals surface area (Å²) in [5.41, 5.74) is 4.01. The number of nitrogens with zero attached hydrogens (tertiary/aromatic N) is 1. The third-order valence-electron chi connectivity index (χ3n) is 3.71. The maximum atomic E-state index is 13.0. The van der Waals surface area contributed by atoms with Crippen molar-refractivity contribution in [2.45, 2.75) is 44.2 Å². The van der Waals surface area contributed by atoms with Crippen molar-refractivity contribution in [2.75, 3.05) is 0 Å². The summed E-state index contributed by atoms with van der Waals surface area (Å²) in [6, 6.07) is 6.42. The molecule has 0 amide bonds. The molecule has 0 radical (unpaired) electrons. The van der Waals surface area contributed by atoms with Crippen LogP contribution in [-0.4, -0.2) is 16.9 Å². The molecule has 0 unspecified atom stereocenters. The van der Waals surface area contributed by atoms with Crippen LogP contribution in [0.25, 0.3) is 10.2 Å². The number of rotatable bonds is 3. The summed E-state index contributed by atoms with van der Waals surface area (Å²) in [4.78, 5) is 4.28. The second-order valence-electron chi connectivity index (χ2n) is 5.17. The lowest BCUT2D eigenvalue weighted by atomic mass is 9.92. The third-order valence-corrected chi connectivity index (χ3v) is 4.52. The highest BCUT2D eigenvalue weighted by Crippen LogP contribution is 2.33. The molecule has 5 heteroatoms. The molecule has 1 saturated carbocycles. The van der Waals surface area contributed by atoms with E-state index in [-0.39, 0.29) is 18.9 Å². The molecule has 2 nitrogen and oxygen atoms in total. The Hall–Kier alpha value is -1.07. The summed E-state index contributed by atoms with van der Waals surface area (Å²) in [7, 11) is 0. The van der Waals surface area contributed by atoms with Crippen LogP contribution in [0.4, 0.5) is 8.78 Å². The molecule has 0 bridgehead atoms. The van der Waals surface area contributed by atoms with Gasteiger partial charge in [-0.15, -0.1) is 11.3 Å². The van der Waals surface area contributed by atoms with Crippen molar-refractivity contribution in [3.63, 3.8) is 0 Å². The molecule has 0 atom stereocenters. The smallest absolute Gasteiger partial charge is 0.248 e. The van der Waals surface area contributed by atoms with Crippen molar-refractivity contribution in [3.05, 3.63) is 29.3 Å². The van der Waals surface area contributed by atoms with Crippen LogP contribution in [0.5, 0.6) is 0 Å². The average Bonchev–Trinajstić information content (AvgIpc) is 2.85. The first-order chi connectivity index (χ1) is 9.12. The molecule has 1 heterocycles. The number of halogens is 2. The van der Waals surface area contributed by atoms with Crippen LogP contribution in [0.2, 0.25) is 0 Å². The first kappa shape index (κ1) is 12.9. The lowest BCUT2D eigenvalue weighted by Gasteiger charge is -2.28. The minimum Gasteiger partial charge on any atom is -0.310 e. The van der Waals surface area contributed by atoms with Gasteiger partial charge in [-0.25, -0.2) is 13.8 Å². The average molecular weight is 282 g/mol. The highest BCUT2D eigenvalue weighted by atomic mass is 32.1. The Morgan fingerprint density at radius 3 is 2.89 bits per heavy atom. The SMILES string of the molecule is FC1(F)CCC(NCc2ccc3scnc3c2)CC1. The lowest BCUT2D eigenvalue weighted by molar-refractivity contribution is -0.0405. The maximum absolute atomic E-state index is 13.0. The standard InChI is InChI=1S/C14H16F2N2S/c15-14(16)5-3-11(4-6-14)17-8-10-1-2-13-12(7-10)18-9-19-13/h1-2,7,9,11,17H,3-6,8H2. The predicted octanol–water partition coefficient (Wildman–Crippen LogP) is 3.96. The summed E-state index contributed by atoms with van der Waals surface area (Å²) in [5, 5.41) is 3.37. The van der Waals surface area contributed by atoms with Crippen LogP contribution in [0.1, 0.15) is 31.2 Å². The van der Waals surface area contributed by atoms with Gasteiger partial charge in [0.25, 0.3) is 0 Å². The van der Waals surface area contributed by atoms with Gasteiger partial charge in [0.1, 0.15) is 0 Å². The van der Waals surface area contributed by atoms with Gasteiger partial charge < -0.3 is 5.32 Å². The Morgan fingerprint density at radius 1 is 1.32 bits per heavy atom. The van der Waals surface area contributed by atoms with E-state index in [2.05, 4.69) is 28.5 Å². The first-order valence-corrected chi connectivity index (χ1v) is 7.44. The second kappa shape index (κ2) is 5.13. The van der Waals surface area contributed by atoms with Crippen LogP contribution in [0.15, 0.2) is 23.7 Å². The van der Waals surface area contributed by atoms with E-state index >= 15 is 0 Å². The van der Waals surface area contributed by atoms with Gasteiger partial charge in [-0.1, -0.05) is 6.07 Å². The van der Waals surface area contributed by atoms with Gasteiger partial charge in [-0.3, -0.25) is 0 Å². The molecule has 102 valence electrons. The number of thiazole rings is 1. The van der Waals surface area contributed by atoms with Crippen LogP contribution < -0.4 is 5.32 Å². The Labute approximate surface area is 114 Å². The van der Waals surface area contributed by atoms with Crippen molar-refractivity contribution in [1.82, 2.24) is 10.3 Å². The van der Waals surface area contributed by atoms with Gasteiger partial charge in [0, 0.05) is 25.4 Å². The van der Waals surface area contributed by atoms with Gasteiger partial charge in [0.2, 0.25) is 5.92 Å². The van der Waals surface area contributed by atoms with E-state index in [0.717, 1.165) is 17.6 Å². The second-order valence-corrected chi connectivity index (χ2v) is 6.05. The quantitative estimate of drug-likeness (QED) is 0.921. The molecule has 19 heavy (non-hydrogen) atoms. The Bertz CT molecular complexity index is 557. The number of hydrogen-bond acceptors (Lipinski definition) is 3. The monoisotopic (exact) mass is 282 g/mol. The number of alkyl halides is 2. The molecule has 1 fully saturated rings. The van der Waals surface area contributed by atoms with Gasteiger partial charge in [0.05, 0.1) is 15.7 Å². The molecule has 1 aromatic carbocycles. The zero-order valence-corrected chi connectivity index (χ0v) is 11.4. The number of aromatic nitrogens is 1. The third kappa shape index (κ3) is 3.09. The molecule has 1 aromatic heterocycles. The fourth-order valence-corrected chi connectivity index (χ4v) is 3.18. The molecule has 1 N–H and O–H groups in total. The Kier molecular flexibility index (Phi) is 3.50. The lowest BCUT2D eigenvalue weighted by Crippen LogP contribution is -2.36. The van der Waals surface area contributed by atoms with E-state index in [1.165, 1.54) is 4.70 Å². The topological polar surface area (TPSA) is 24.9 Å². The van der Waals surface area contributed by atoms with Crippen molar-refractivity contribution in [1.29, 1.82) is 0 Å². The molecule has 0 spiro atoms. The van der Waals surface area contributed by atoms with E-state index in [9.17, 15) is 8.78 Å². The number of hydrogen-bond donors (Lipinski definition) is 1. The van der Waals surface area contributed by atoms with Gasteiger partial charge in [0.15, 0.2) is 0 Å². The van der Waals surface area contributed by atoms with E-state index < -0.39 is 5.92 Å². The molecule has 3 rings (SSSR count). The first-order valence-electron chi connectivity index (χ1n) is 6.56. The highest BCUT2D eigenvalue weighted by Gasteiger charge is 2.34. The summed E-state index contributed by atoms with van der Waals surface area (Å²) in [5.74, 6) is -2.45. The van der Waals surface area contributed by atoms with Gasteiger partial charge in [-0.2, -0.15) is 0 Å². The molecule has 0 aliphatic heterocycles. The zero-order valence-electron chi connectivity index (χ0n) is 10.5. The van der Waals surface area contributed by atoms with Crippen LogP contribution >= 0.6 is 11.3 Å². The van der Waals surface area contributed by atoms with Crippen molar-refractivity contribution in [2.24, 2.45) is 0 Å². The fourth-order valence-electron chi connectivity index (χ4n) is 2.52. The summed E-state index contributed by atoms with van der Waals surface area (Å²) < 4.78 is 27.3. The zero-order chi connectivity index (χ0) is 13.3. The van der Waals surface area contributed by atoms with E-state index in [4.69, 9.17) is 0 Å². The number of nitrogens with one attached hydrogen (secondary N) is 1. The molecular weight excluding hydrogens is 266 g/mol. The summed E-state index contributed by atoms with van der Waals surface area (Å²) in [6.07, 6.45) is 1.14. The van der Waals surface area contributed by atoms with Gasteiger partial charge >= 0.3 is 0 Å². The molecule has 2 aromatic rings. The predicted molar refractivity (Wildman–Crippen MR) is 73.7 cm³/mol. The largest absolute Gasteiger partial charge is 0.310 e.